The van der Waals surface area contributed by atoms with Gasteiger partial charge in [-0.25, -0.2) is 4.98 Å². The van der Waals surface area contributed by atoms with Crippen LogP contribution in [0.2, 0.25) is 0 Å². The van der Waals surface area contributed by atoms with Crippen LogP contribution in [0.5, 0.6) is 0 Å². The van der Waals surface area contributed by atoms with Gasteiger partial charge in [-0.1, -0.05) is 17.3 Å². The number of nitrogen functional groups attached to an aromatic ring is 1. The fraction of sp³-hybridized carbons (Fsp3) is 0.0714. The summed E-state index contributed by atoms with van der Waals surface area (Å²) in [7, 11) is 0. The van der Waals surface area contributed by atoms with Crippen LogP contribution in [0.25, 0.3) is 11.0 Å². The quantitative estimate of drug-likeness (QED) is 0.757. The smallest absolute Gasteiger partial charge is 0.231 e. The summed E-state index contributed by atoms with van der Waals surface area (Å²) >= 11 is 0. The Labute approximate surface area is 114 Å². The van der Waals surface area contributed by atoms with Crippen LogP contribution in [0.3, 0.4) is 0 Å². The number of pyridine rings is 1. The predicted octanol–water partition coefficient (Wildman–Crippen LogP) is 1.99. The van der Waals surface area contributed by atoms with Crippen molar-refractivity contribution in [2.45, 2.75) is 6.42 Å². The van der Waals surface area contributed by atoms with Crippen molar-refractivity contribution < 1.29 is 9.32 Å². The molecular weight excluding hydrogens is 256 g/mol. The Bertz CT molecular complexity index is 766. The van der Waals surface area contributed by atoms with Crippen molar-refractivity contribution >= 4 is 28.4 Å². The van der Waals surface area contributed by atoms with E-state index in [2.05, 4.69) is 15.5 Å². The summed E-state index contributed by atoms with van der Waals surface area (Å²) in [6.07, 6.45) is 1.67. The Morgan fingerprint density at radius 2 is 2.10 bits per heavy atom. The number of benzene rings is 1. The van der Waals surface area contributed by atoms with Gasteiger partial charge in [0.15, 0.2) is 11.4 Å². The highest BCUT2D eigenvalue weighted by atomic mass is 16.5. The van der Waals surface area contributed by atoms with E-state index in [4.69, 9.17) is 10.3 Å². The van der Waals surface area contributed by atoms with Crippen LogP contribution >= 0.6 is 0 Å². The molecule has 100 valence electrons. The van der Waals surface area contributed by atoms with Gasteiger partial charge in [0.1, 0.15) is 5.69 Å². The van der Waals surface area contributed by atoms with Gasteiger partial charge in [0.05, 0.1) is 12.1 Å². The largest absolute Gasteiger partial charge is 0.396 e. The molecule has 0 aliphatic rings. The third-order valence-corrected chi connectivity index (χ3v) is 2.88. The highest BCUT2D eigenvalue weighted by Gasteiger charge is 2.13. The summed E-state index contributed by atoms with van der Waals surface area (Å²) in [6.45, 7) is 0. The molecule has 3 N–H and O–H groups in total. The number of carbonyl (C=O) groups is 1. The Morgan fingerprint density at radius 1 is 1.25 bits per heavy atom. The van der Waals surface area contributed by atoms with Crippen LogP contribution in [0.15, 0.2) is 47.1 Å². The zero-order valence-electron chi connectivity index (χ0n) is 10.5. The summed E-state index contributed by atoms with van der Waals surface area (Å²) in [4.78, 5) is 16.0. The number of nitrogens with one attached hydrogen (secondary N) is 1. The standard InChI is InChI=1S/C14H12N4O2/c15-10-5-3-7-16-14(10)17-13(19)8-11-9-4-1-2-6-12(9)20-18-11/h1-7H,8,15H2,(H,16,17,19). The van der Waals surface area contributed by atoms with Crippen LogP contribution in [-0.2, 0) is 11.2 Å². The van der Waals surface area contributed by atoms with Crippen LogP contribution in [0, 0.1) is 0 Å². The van der Waals surface area contributed by atoms with E-state index in [-0.39, 0.29) is 12.3 Å². The fourth-order valence-corrected chi connectivity index (χ4v) is 1.92. The van der Waals surface area contributed by atoms with E-state index in [1.807, 2.05) is 18.2 Å². The van der Waals surface area contributed by atoms with Gasteiger partial charge in [-0.3, -0.25) is 4.79 Å². The molecule has 6 heteroatoms. The van der Waals surface area contributed by atoms with Crippen molar-refractivity contribution in [3.05, 3.63) is 48.3 Å². The fourth-order valence-electron chi connectivity index (χ4n) is 1.92. The maximum atomic E-state index is 12.0. The molecule has 0 saturated carbocycles. The maximum absolute atomic E-state index is 12.0. The van der Waals surface area contributed by atoms with E-state index in [9.17, 15) is 4.79 Å². The second-order valence-corrected chi connectivity index (χ2v) is 4.29. The van der Waals surface area contributed by atoms with Crippen molar-refractivity contribution in [1.82, 2.24) is 10.1 Å². The van der Waals surface area contributed by atoms with Crippen LogP contribution in [0.1, 0.15) is 5.69 Å². The van der Waals surface area contributed by atoms with Crippen LogP contribution < -0.4 is 11.1 Å². The van der Waals surface area contributed by atoms with E-state index in [0.717, 1.165) is 5.39 Å². The predicted molar refractivity (Wildman–Crippen MR) is 75.0 cm³/mol. The molecule has 1 amide bonds. The maximum Gasteiger partial charge on any atom is 0.231 e. The third kappa shape index (κ3) is 2.31. The Morgan fingerprint density at radius 3 is 2.95 bits per heavy atom. The number of carbonyl (C=O) groups excluding carboxylic acids is 1. The van der Waals surface area contributed by atoms with Gasteiger partial charge < -0.3 is 15.6 Å². The number of aromatic nitrogens is 2. The number of fused-ring (bicyclic) bond motifs is 1. The summed E-state index contributed by atoms with van der Waals surface area (Å²) in [5.41, 5.74) is 7.39. The highest BCUT2D eigenvalue weighted by molar-refractivity contribution is 5.95. The molecule has 20 heavy (non-hydrogen) atoms. The van der Waals surface area contributed by atoms with Crippen LogP contribution in [-0.4, -0.2) is 16.0 Å². The van der Waals surface area contributed by atoms with Crippen LogP contribution in [0.4, 0.5) is 11.5 Å². The Hall–Kier alpha value is -2.89. The van der Waals surface area contributed by atoms with E-state index < -0.39 is 0 Å². The number of anilines is 2. The van der Waals surface area contributed by atoms with Gasteiger partial charge >= 0.3 is 0 Å². The van der Waals surface area contributed by atoms with Crippen molar-refractivity contribution in [1.29, 1.82) is 0 Å². The second kappa shape index (κ2) is 5.00. The van der Waals surface area contributed by atoms with E-state index >= 15 is 0 Å². The average molecular weight is 268 g/mol. The van der Waals surface area contributed by atoms with E-state index in [1.165, 1.54) is 0 Å². The molecule has 3 rings (SSSR count). The Kier molecular flexibility index (Phi) is 3.04. The molecule has 2 heterocycles. The first-order chi connectivity index (χ1) is 9.74. The van der Waals surface area contributed by atoms with Crippen molar-refractivity contribution in [3.8, 4) is 0 Å². The first-order valence-corrected chi connectivity index (χ1v) is 6.07. The topological polar surface area (TPSA) is 94.0 Å². The molecular formula is C14H12N4O2. The zero-order valence-corrected chi connectivity index (χ0v) is 10.5. The minimum Gasteiger partial charge on any atom is -0.396 e. The lowest BCUT2D eigenvalue weighted by Crippen LogP contribution is -2.16. The first-order valence-electron chi connectivity index (χ1n) is 6.07. The van der Waals surface area contributed by atoms with Crippen molar-refractivity contribution in [2.75, 3.05) is 11.1 Å². The zero-order chi connectivity index (χ0) is 13.9. The van der Waals surface area contributed by atoms with Crippen molar-refractivity contribution in [2.24, 2.45) is 0 Å². The first kappa shape index (κ1) is 12.2. The normalized spacial score (nSPS) is 10.6. The highest BCUT2D eigenvalue weighted by Crippen LogP contribution is 2.19. The van der Waals surface area contributed by atoms with E-state index in [1.54, 1.807) is 24.4 Å². The minimum absolute atomic E-state index is 0.104. The molecule has 0 saturated heterocycles. The number of nitrogens with two attached hydrogens (primary N) is 1. The summed E-state index contributed by atoms with van der Waals surface area (Å²) in [5.74, 6) is 0.111. The third-order valence-electron chi connectivity index (χ3n) is 2.88. The number of hydrogen-bond donors (Lipinski definition) is 2. The Balaban J connectivity index is 1.78. The van der Waals surface area contributed by atoms with Gasteiger partial charge in [-0.15, -0.1) is 0 Å². The number of rotatable bonds is 3. The number of amides is 1. The molecule has 0 fully saturated rings. The summed E-state index contributed by atoms with van der Waals surface area (Å²) in [6, 6.07) is 10.8. The minimum atomic E-state index is -0.241. The summed E-state index contributed by atoms with van der Waals surface area (Å²) in [5, 5.41) is 7.40. The van der Waals surface area contributed by atoms with Gasteiger partial charge in [-0.05, 0) is 24.3 Å². The molecule has 2 aromatic heterocycles. The molecule has 0 bridgehead atoms. The molecule has 6 nitrogen and oxygen atoms in total. The molecule has 1 aromatic carbocycles. The summed E-state index contributed by atoms with van der Waals surface area (Å²) < 4.78 is 5.15. The molecule has 0 spiro atoms. The number of nitrogens with zero attached hydrogens (tertiary/aromatic N) is 2. The lowest BCUT2D eigenvalue weighted by molar-refractivity contribution is -0.115. The van der Waals surface area contributed by atoms with Gasteiger partial charge in [0.2, 0.25) is 5.91 Å². The molecule has 0 radical (unpaired) electrons. The number of hydrogen-bond acceptors (Lipinski definition) is 5. The second-order valence-electron chi connectivity index (χ2n) is 4.29. The van der Waals surface area contributed by atoms with E-state index in [0.29, 0.717) is 22.8 Å². The molecule has 0 aliphatic carbocycles. The lowest BCUT2D eigenvalue weighted by Gasteiger charge is -2.05. The number of para-hydroxylation sites is 1. The molecule has 3 aromatic rings. The van der Waals surface area contributed by atoms with Gasteiger partial charge in [-0.2, -0.15) is 0 Å². The SMILES string of the molecule is Nc1cccnc1NC(=O)Cc1noc2ccccc12. The lowest BCUT2D eigenvalue weighted by atomic mass is 10.1. The molecule has 0 aliphatic heterocycles. The monoisotopic (exact) mass is 268 g/mol. The average Bonchev–Trinajstić information content (AvgIpc) is 2.85. The van der Waals surface area contributed by atoms with Gasteiger partial charge in [0.25, 0.3) is 0 Å². The molecule has 0 unspecified atom stereocenters. The van der Waals surface area contributed by atoms with Gasteiger partial charge in [0, 0.05) is 11.6 Å². The molecule has 0 atom stereocenters. The van der Waals surface area contributed by atoms with Crippen molar-refractivity contribution in [3.63, 3.8) is 0 Å².